The standard InChI is InChI=1S/C53H39N5S/c1-30-29-52(2,3)39-19-13-22-42-47(39)53(30,4)40-20-12-18-35-37-27-36-33-16-8-10-21-41(33)58(44(36)28-43(37)57(42)48(35)40)51-55-49(31-14-6-5-7-15-31)54-50(56-51)32-24-25-46-38(26-32)34-17-9-11-23-45(34)59-46/h5-28,30H,29H2,1-4H3. The molecule has 13 rings (SSSR count). The molecule has 6 heteroatoms. The number of nitrogens with zero attached hydrogens (tertiary/aromatic N) is 5. The number of benzene rings is 7. The Hall–Kier alpha value is -6.63. The third kappa shape index (κ3) is 4.36. The normalized spacial score (nSPS) is 18.1. The van der Waals surface area contributed by atoms with Gasteiger partial charge >= 0.3 is 0 Å². The number of thiophene rings is 1. The summed E-state index contributed by atoms with van der Waals surface area (Å²) in [6.07, 6.45) is 1.15. The van der Waals surface area contributed by atoms with Gasteiger partial charge in [-0.1, -0.05) is 125 Å². The Bertz CT molecular complexity index is 3610. The van der Waals surface area contributed by atoms with Crippen LogP contribution in [0.5, 0.6) is 0 Å². The van der Waals surface area contributed by atoms with E-state index in [9.17, 15) is 0 Å². The van der Waals surface area contributed by atoms with E-state index in [1.54, 1.807) is 0 Å². The Morgan fingerprint density at radius 2 is 1.20 bits per heavy atom. The van der Waals surface area contributed by atoms with E-state index in [0.717, 1.165) is 28.6 Å². The van der Waals surface area contributed by atoms with Crippen LogP contribution in [-0.2, 0) is 10.8 Å². The van der Waals surface area contributed by atoms with E-state index in [1.807, 2.05) is 29.5 Å². The first-order valence-corrected chi connectivity index (χ1v) is 21.5. The number of para-hydroxylation sites is 2. The number of fused-ring (bicyclic) bond motifs is 11. The SMILES string of the molecule is CC1CC(C)(C)c2cccc3c2C1(C)c1cccc2c4cc5c6ccccc6n(-c6nc(-c7ccccc7)nc(-c7ccc8sc9ccccc9c8c7)n6)c5cc4n-3c12. The molecule has 0 fully saturated rings. The molecule has 282 valence electrons. The molecule has 5 heterocycles. The Morgan fingerprint density at radius 3 is 2.07 bits per heavy atom. The van der Waals surface area contributed by atoms with Gasteiger partial charge in [-0.05, 0) is 83.0 Å². The van der Waals surface area contributed by atoms with E-state index in [-0.39, 0.29) is 10.8 Å². The lowest BCUT2D eigenvalue weighted by Gasteiger charge is -2.51. The van der Waals surface area contributed by atoms with Gasteiger partial charge in [0.2, 0.25) is 5.95 Å². The predicted molar refractivity (Wildman–Crippen MR) is 246 cm³/mol. The highest BCUT2D eigenvalue weighted by molar-refractivity contribution is 7.25. The minimum absolute atomic E-state index is 0.0756. The van der Waals surface area contributed by atoms with Crippen LogP contribution < -0.4 is 0 Å². The summed E-state index contributed by atoms with van der Waals surface area (Å²) in [5, 5.41) is 7.39. The van der Waals surface area contributed by atoms with Crippen LogP contribution in [0, 0.1) is 5.92 Å². The van der Waals surface area contributed by atoms with Crippen LogP contribution in [0.3, 0.4) is 0 Å². The van der Waals surface area contributed by atoms with Gasteiger partial charge in [0.05, 0.1) is 27.8 Å². The molecule has 59 heavy (non-hydrogen) atoms. The molecule has 0 spiro atoms. The number of hydrogen-bond donors (Lipinski definition) is 0. The first kappa shape index (κ1) is 33.4. The fraction of sp³-hybridized carbons (Fsp3) is 0.151. The molecule has 0 saturated heterocycles. The lowest BCUT2D eigenvalue weighted by Crippen LogP contribution is -2.45. The zero-order valence-corrected chi connectivity index (χ0v) is 34.1. The summed E-state index contributed by atoms with van der Waals surface area (Å²) in [5.41, 5.74) is 12.2. The molecule has 1 aliphatic heterocycles. The molecule has 2 atom stereocenters. The second kappa shape index (κ2) is 11.5. The van der Waals surface area contributed by atoms with Crippen molar-refractivity contribution in [1.29, 1.82) is 0 Å². The van der Waals surface area contributed by atoms with Crippen molar-refractivity contribution in [2.45, 2.75) is 44.9 Å². The topological polar surface area (TPSA) is 48.5 Å². The molecule has 5 nitrogen and oxygen atoms in total. The third-order valence-corrected chi connectivity index (χ3v) is 15.1. The van der Waals surface area contributed by atoms with E-state index in [2.05, 4.69) is 164 Å². The molecular weight excluding hydrogens is 739 g/mol. The molecule has 7 aromatic carbocycles. The molecule has 0 saturated carbocycles. The van der Waals surface area contributed by atoms with E-state index in [0.29, 0.717) is 23.5 Å². The minimum atomic E-state index is -0.0971. The summed E-state index contributed by atoms with van der Waals surface area (Å²) in [5.74, 6) is 2.38. The quantitative estimate of drug-likeness (QED) is 0.179. The van der Waals surface area contributed by atoms with Crippen molar-refractivity contribution in [3.63, 3.8) is 0 Å². The van der Waals surface area contributed by atoms with E-state index < -0.39 is 0 Å². The van der Waals surface area contributed by atoms with Crippen molar-refractivity contribution < 1.29 is 0 Å². The maximum absolute atomic E-state index is 5.38. The number of hydrogen-bond acceptors (Lipinski definition) is 4. The van der Waals surface area contributed by atoms with E-state index in [4.69, 9.17) is 15.0 Å². The van der Waals surface area contributed by atoms with Crippen molar-refractivity contribution in [3.8, 4) is 34.4 Å². The third-order valence-electron chi connectivity index (χ3n) is 14.0. The van der Waals surface area contributed by atoms with Gasteiger partial charge in [-0.25, -0.2) is 4.98 Å². The van der Waals surface area contributed by atoms with Crippen molar-refractivity contribution in [2.24, 2.45) is 5.92 Å². The number of rotatable bonds is 3. The maximum atomic E-state index is 5.38. The zero-order valence-electron chi connectivity index (χ0n) is 33.3. The number of aromatic nitrogens is 5. The van der Waals surface area contributed by atoms with E-state index in [1.165, 1.54) is 75.1 Å². The molecule has 0 amide bonds. The fourth-order valence-electron chi connectivity index (χ4n) is 11.1. The summed E-state index contributed by atoms with van der Waals surface area (Å²) in [7, 11) is 0. The van der Waals surface area contributed by atoms with Crippen molar-refractivity contribution in [3.05, 3.63) is 162 Å². The summed E-state index contributed by atoms with van der Waals surface area (Å²) in [6, 6.07) is 53.1. The lowest BCUT2D eigenvalue weighted by atomic mass is 9.54. The molecule has 0 bridgehead atoms. The monoisotopic (exact) mass is 777 g/mol. The van der Waals surface area contributed by atoms with E-state index >= 15 is 0 Å². The van der Waals surface area contributed by atoms with Gasteiger partial charge in [-0.15, -0.1) is 11.3 Å². The van der Waals surface area contributed by atoms with Crippen LogP contribution >= 0.6 is 11.3 Å². The van der Waals surface area contributed by atoms with Crippen LogP contribution in [0.1, 0.15) is 50.8 Å². The van der Waals surface area contributed by atoms with Crippen LogP contribution in [0.25, 0.3) is 98.2 Å². The predicted octanol–water partition coefficient (Wildman–Crippen LogP) is 13.7. The zero-order chi connectivity index (χ0) is 39.4. The summed E-state index contributed by atoms with van der Waals surface area (Å²) < 4.78 is 7.37. The minimum Gasteiger partial charge on any atom is -0.309 e. The summed E-state index contributed by atoms with van der Waals surface area (Å²) >= 11 is 1.82. The molecule has 4 aromatic heterocycles. The molecule has 0 N–H and O–H groups in total. The summed E-state index contributed by atoms with van der Waals surface area (Å²) in [6.45, 7) is 9.83. The van der Waals surface area contributed by atoms with Gasteiger partial charge in [0.1, 0.15) is 0 Å². The van der Waals surface area contributed by atoms with Crippen LogP contribution in [-0.4, -0.2) is 24.1 Å². The highest BCUT2D eigenvalue weighted by Crippen LogP contribution is 2.59. The van der Waals surface area contributed by atoms with Gasteiger partial charge in [-0.2, -0.15) is 9.97 Å². The highest BCUT2D eigenvalue weighted by atomic mass is 32.1. The van der Waals surface area contributed by atoms with Crippen LogP contribution in [0.15, 0.2) is 146 Å². The van der Waals surface area contributed by atoms with Gasteiger partial charge < -0.3 is 4.57 Å². The first-order chi connectivity index (χ1) is 28.8. The Labute approximate surface area is 345 Å². The molecule has 2 unspecified atom stereocenters. The van der Waals surface area contributed by atoms with Gasteiger partial charge in [-0.3, -0.25) is 4.57 Å². The Kier molecular flexibility index (Phi) is 6.51. The lowest BCUT2D eigenvalue weighted by molar-refractivity contribution is 0.250. The first-order valence-electron chi connectivity index (χ1n) is 20.7. The average Bonchev–Trinajstić information content (AvgIpc) is 3.91. The maximum Gasteiger partial charge on any atom is 0.238 e. The van der Waals surface area contributed by atoms with Crippen LogP contribution in [0.4, 0.5) is 0 Å². The van der Waals surface area contributed by atoms with Gasteiger partial charge in [0.15, 0.2) is 11.6 Å². The largest absolute Gasteiger partial charge is 0.309 e. The second-order valence-corrected chi connectivity index (χ2v) is 18.7. The van der Waals surface area contributed by atoms with Gasteiger partial charge in [0.25, 0.3) is 0 Å². The highest BCUT2D eigenvalue weighted by Gasteiger charge is 2.50. The Morgan fingerprint density at radius 1 is 0.525 bits per heavy atom. The fourth-order valence-corrected chi connectivity index (χ4v) is 12.2. The molecule has 11 aromatic rings. The average molecular weight is 778 g/mol. The smallest absolute Gasteiger partial charge is 0.238 e. The second-order valence-electron chi connectivity index (χ2n) is 17.6. The Balaban J connectivity index is 1.13. The summed E-state index contributed by atoms with van der Waals surface area (Å²) in [4.78, 5) is 15.9. The van der Waals surface area contributed by atoms with Crippen molar-refractivity contribution in [2.75, 3.05) is 0 Å². The molecular formula is C53H39N5S. The van der Waals surface area contributed by atoms with Crippen molar-refractivity contribution >= 4 is 75.1 Å². The molecule has 0 radical (unpaired) electrons. The van der Waals surface area contributed by atoms with Crippen LogP contribution in [0.2, 0.25) is 0 Å². The van der Waals surface area contributed by atoms with Crippen molar-refractivity contribution in [1.82, 2.24) is 24.1 Å². The van der Waals surface area contributed by atoms with Gasteiger partial charge in [0, 0.05) is 58.3 Å². The molecule has 1 aliphatic carbocycles. The molecule has 2 aliphatic rings.